The first-order valence-electron chi connectivity index (χ1n) is 5.67. The van der Waals surface area contributed by atoms with Crippen LogP contribution in [-0.4, -0.2) is 19.9 Å². The first kappa shape index (κ1) is 12.3. The molecule has 0 aliphatic carbocycles. The van der Waals surface area contributed by atoms with E-state index in [2.05, 4.69) is 0 Å². The van der Waals surface area contributed by atoms with Gasteiger partial charge in [-0.3, -0.25) is 4.79 Å². The second kappa shape index (κ2) is 5.00. The van der Waals surface area contributed by atoms with Crippen molar-refractivity contribution in [1.82, 2.24) is 0 Å². The fourth-order valence-corrected chi connectivity index (χ4v) is 1.85. The lowest BCUT2D eigenvalue weighted by Gasteiger charge is -2.16. The summed E-state index contributed by atoms with van der Waals surface area (Å²) in [6, 6.07) is 13.2. The SMILES string of the molecule is CN(C)c1ccccc1C(=O)c1ccccc1F. The smallest absolute Gasteiger partial charge is 0.198 e. The Labute approximate surface area is 106 Å². The van der Waals surface area contributed by atoms with Crippen molar-refractivity contribution in [3.63, 3.8) is 0 Å². The van der Waals surface area contributed by atoms with Crippen molar-refractivity contribution >= 4 is 11.5 Å². The van der Waals surface area contributed by atoms with Gasteiger partial charge in [0.15, 0.2) is 5.78 Å². The van der Waals surface area contributed by atoms with Crippen LogP contribution in [0, 0.1) is 5.82 Å². The first-order chi connectivity index (χ1) is 8.61. The van der Waals surface area contributed by atoms with Gasteiger partial charge in [0.2, 0.25) is 0 Å². The number of rotatable bonds is 3. The summed E-state index contributed by atoms with van der Waals surface area (Å²) in [5.74, 6) is -0.784. The number of carbonyl (C=O) groups is 1. The molecule has 0 amide bonds. The lowest BCUT2D eigenvalue weighted by atomic mass is 10.0. The van der Waals surface area contributed by atoms with Crippen LogP contribution in [0.5, 0.6) is 0 Å². The van der Waals surface area contributed by atoms with Gasteiger partial charge in [0.25, 0.3) is 0 Å². The molecule has 0 aromatic heterocycles. The van der Waals surface area contributed by atoms with E-state index in [1.807, 2.05) is 31.1 Å². The summed E-state index contributed by atoms with van der Waals surface area (Å²) >= 11 is 0. The van der Waals surface area contributed by atoms with Crippen molar-refractivity contribution in [3.05, 3.63) is 65.5 Å². The van der Waals surface area contributed by atoms with E-state index in [1.54, 1.807) is 24.3 Å². The number of carbonyl (C=O) groups excluding carboxylic acids is 1. The van der Waals surface area contributed by atoms with Crippen LogP contribution in [0.4, 0.5) is 10.1 Å². The lowest BCUT2D eigenvalue weighted by molar-refractivity contribution is 0.103. The van der Waals surface area contributed by atoms with Crippen LogP contribution >= 0.6 is 0 Å². The zero-order chi connectivity index (χ0) is 13.1. The van der Waals surface area contributed by atoms with E-state index < -0.39 is 5.82 Å². The van der Waals surface area contributed by atoms with E-state index in [9.17, 15) is 9.18 Å². The van der Waals surface area contributed by atoms with Crippen LogP contribution in [0.15, 0.2) is 48.5 Å². The third kappa shape index (κ3) is 2.25. The average molecular weight is 243 g/mol. The van der Waals surface area contributed by atoms with E-state index in [-0.39, 0.29) is 11.3 Å². The molecule has 2 nitrogen and oxygen atoms in total. The predicted octanol–water partition coefficient (Wildman–Crippen LogP) is 3.12. The molecule has 0 spiro atoms. The van der Waals surface area contributed by atoms with Crippen LogP contribution < -0.4 is 4.90 Å². The summed E-state index contributed by atoms with van der Waals surface area (Å²) in [5, 5.41) is 0. The summed E-state index contributed by atoms with van der Waals surface area (Å²) in [4.78, 5) is 14.2. The molecule has 2 aromatic carbocycles. The highest BCUT2D eigenvalue weighted by Gasteiger charge is 2.17. The third-order valence-corrected chi connectivity index (χ3v) is 2.75. The van der Waals surface area contributed by atoms with Crippen molar-refractivity contribution in [2.75, 3.05) is 19.0 Å². The summed E-state index contributed by atoms with van der Waals surface area (Å²) in [6.07, 6.45) is 0. The van der Waals surface area contributed by atoms with Crippen LogP contribution in [0.25, 0.3) is 0 Å². The van der Waals surface area contributed by atoms with Gasteiger partial charge >= 0.3 is 0 Å². The van der Waals surface area contributed by atoms with Crippen LogP contribution in [-0.2, 0) is 0 Å². The van der Waals surface area contributed by atoms with Crippen molar-refractivity contribution in [2.45, 2.75) is 0 Å². The van der Waals surface area contributed by atoms with Crippen molar-refractivity contribution < 1.29 is 9.18 Å². The van der Waals surface area contributed by atoms with Gasteiger partial charge in [-0.15, -0.1) is 0 Å². The summed E-state index contributed by atoms with van der Waals surface area (Å²) in [6.45, 7) is 0. The molecule has 0 fully saturated rings. The van der Waals surface area contributed by atoms with Gasteiger partial charge in [0.05, 0.1) is 5.56 Å². The quantitative estimate of drug-likeness (QED) is 0.772. The van der Waals surface area contributed by atoms with Crippen molar-refractivity contribution in [1.29, 1.82) is 0 Å². The molecule has 0 N–H and O–H groups in total. The largest absolute Gasteiger partial charge is 0.377 e. The summed E-state index contributed by atoms with van der Waals surface area (Å²) in [7, 11) is 3.71. The fourth-order valence-electron chi connectivity index (χ4n) is 1.85. The van der Waals surface area contributed by atoms with E-state index in [0.29, 0.717) is 5.56 Å². The summed E-state index contributed by atoms with van der Waals surface area (Å²) in [5.41, 5.74) is 1.39. The molecule has 0 aliphatic heterocycles. The minimum absolute atomic E-state index is 0.104. The topological polar surface area (TPSA) is 20.3 Å². The van der Waals surface area contributed by atoms with Gasteiger partial charge < -0.3 is 4.90 Å². The molecule has 3 heteroatoms. The van der Waals surface area contributed by atoms with Gasteiger partial charge in [-0.2, -0.15) is 0 Å². The Balaban J connectivity index is 2.50. The Hall–Kier alpha value is -2.16. The molecule has 0 saturated carbocycles. The standard InChI is InChI=1S/C15H14FNO/c1-17(2)14-10-6-4-8-12(14)15(18)11-7-3-5-9-13(11)16/h3-10H,1-2H3. The maximum Gasteiger partial charge on any atom is 0.198 e. The zero-order valence-electron chi connectivity index (χ0n) is 10.4. The Morgan fingerprint density at radius 3 is 2.11 bits per heavy atom. The maximum absolute atomic E-state index is 13.6. The molecule has 0 radical (unpaired) electrons. The average Bonchev–Trinajstić information content (AvgIpc) is 2.38. The molecule has 18 heavy (non-hydrogen) atoms. The molecule has 0 unspecified atom stereocenters. The minimum atomic E-state index is -0.490. The monoisotopic (exact) mass is 243 g/mol. The molecule has 0 aliphatic rings. The highest BCUT2D eigenvalue weighted by atomic mass is 19.1. The number of ketones is 1. The molecule has 2 aromatic rings. The van der Waals surface area contributed by atoms with Gasteiger partial charge in [-0.1, -0.05) is 24.3 Å². The van der Waals surface area contributed by atoms with Crippen molar-refractivity contribution in [2.24, 2.45) is 0 Å². The number of hydrogen-bond donors (Lipinski definition) is 0. The van der Waals surface area contributed by atoms with Crippen LogP contribution in [0.3, 0.4) is 0 Å². The second-order valence-electron chi connectivity index (χ2n) is 4.22. The molecular formula is C15H14FNO. The van der Waals surface area contributed by atoms with Gasteiger partial charge in [0, 0.05) is 25.3 Å². The van der Waals surface area contributed by atoms with Crippen LogP contribution in [0.1, 0.15) is 15.9 Å². The first-order valence-corrected chi connectivity index (χ1v) is 5.67. The van der Waals surface area contributed by atoms with Crippen molar-refractivity contribution in [3.8, 4) is 0 Å². The molecule has 0 heterocycles. The number of hydrogen-bond acceptors (Lipinski definition) is 2. The Kier molecular flexibility index (Phi) is 3.42. The van der Waals surface area contributed by atoms with Crippen LogP contribution in [0.2, 0.25) is 0 Å². The summed E-state index contributed by atoms with van der Waals surface area (Å²) < 4.78 is 13.6. The number of halogens is 1. The Morgan fingerprint density at radius 1 is 0.944 bits per heavy atom. The molecular weight excluding hydrogens is 229 g/mol. The molecule has 0 bridgehead atoms. The number of anilines is 1. The van der Waals surface area contributed by atoms with E-state index in [1.165, 1.54) is 12.1 Å². The van der Waals surface area contributed by atoms with Gasteiger partial charge in [-0.25, -0.2) is 4.39 Å². The highest BCUT2D eigenvalue weighted by Crippen LogP contribution is 2.22. The number of benzene rings is 2. The highest BCUT2D eigenvalue weighted by molar-refractivity contribution is 6.12. The normalized spacial score (nSPS) is 10.2. The zero-order valence-corrected chi connectivity index (χ0v) is 10.4. The van der Waals surface area contributed by atoms with E-state index in [0.717, 1.165) is 5.69 Å². The Morgan fingerprint density at radius 2 is 1.50 bits per heavy atom. The van der Waals surface area contributed by atoms with Gasteiger partial charge in [0.1, 0.15) is 5.82 Å². The lowest BCUT2D eigenvalue weighted by Crippen LogP contribution is -2.15. The second-order valence-corrected chi connectivity index (χ2v) is 4.22. The predicted molar refractivity (Wildman–Crippen MR) is 70.6 cm³/mol. The fraction of sp³-hybridized carbons (Fsp3) is 0.133. The Bertz CT molecular complexity index is 578. The molecule has 0 atom stereocenters. The minimum Gasteiger partial charge on any atom is -0.377 e. The van der Waals surface area contributed by atoms with E-state index >= 15 is 0 Å². The maximum atomic E-state index is 13.6. The number of nitrogens with zero attached hydrogens (tertiary/aromatic N) is 1. The number of para-hydroxylation sites is 1. The van der Waals surface area contributed by atoms with E-state index in [4.69, 9.17) is 0 Å². The molecule has 2 rings (SSSR count). The molecule has 0 saturated heterocycles. The molecule has 92 valence electrons. The van der Waals surface area contributed by atoms with Gasteiger partial charge in [-0.05, 0) is 24.3 Å². The third-order valence-electron chi connectivity index (χ3n) is 2.75.